The van der Waals surface area contributed by atoms with Crippen molar-refractivity contribution in [2.75, 3.05) is 33.8 Å². The van der Waals surface area contributed by atoms with Gasteiger partial charge in [0.2, 0.25) is 5.75 Å². The number of esters is 2. The number of nitrogens with zero attached hydrogens (tertiary/aromatic N) is 3. The Morgan fingerprint density at radius 2 is 1.74 bits per heavy atom. The summed E-state index contributed by atoms with van der Waals surface area (Å²) in [6.07, 6.45) is -0.499. The molecule has 3 rings (SSSR count). The van der Waals surface area contributed by atoms with E-state index >= 15 is 0 Å². The number of aromatic nitrogens is 2. The first-order chi connectivity index (χ1) is 16.4. The molecule has 1 fully saturated rings. The zero-order valence-corrected chi connectivity index (χ0v) is 20.7. The van der Waals surface area contributed by atoms with Gasteiger partial charge in [0, 0.05) is 19.6 Å². The summed E-state index contributed by atoms with van der Waals surface area (Å²) in [6.45, 7) is 8.09. The molecule has 1 atom stereocenters. The zero-order chi connectivity index (χ0) is 26.0. The molecule has 1 N–H and O–H groups in total. The maximum absolute atomic E-state index is 13.0. The highest BCUT2D eigenvalue weighted by atomic mass is 16.6. The van der Waals surface area contributed by atoms with Gasteiger partial charge in [-0.1, -0.05) is 18.2 Å². The minimum atomic E-state index is -0.987. The van der Waals surface area contributed by atoms with Gasteiger partial charge in [-0.2, -0.15) is 0 Å². The molecule has 0 bridgehead atoms. The monoisotopic (exact) mass is 486 g/mol. The maximum Gasteiger partial charge on any atom is 0.410 e. The summed E-state index contributed by atoms with van der Waals surface area (Å²) in [5.74, 6) is -2.23. The second-order valence-electron chi connectivity index (χ2n) is 9.44. The van der Waals surface area contributed by atoms with Crippen LogP contribution in [0.15, 0.2) is 35.1 Å². The molecular formula is C24H30N4O7. The van der Waals surface area contributed by atoms with E-state index in [1.165, 1.54) is 17.0 Å². The predicted molar refractivity (Wildman–Crippen MR) is 125 cm³/mol. The quantitative estimate of drug-likeness (QED) is 0.646. The van der Waals surface area contributed by atoms with Crippen LogP contribution in [0, 0.1) is 0 Å². The number of carbonyl (C=O) groups excluding carboxylic acids is 3. The standard InChI is InChI=1S/C24H30N4O7/c1-23(2,3)35-22(32)28-13-12-27(5)24(4,14-28)21-25-16(20(31)33-6)17(18(29)26-21)34-19(30)15-10-8-7-9-11-15/h7-11H,12-14H2,1-6H3,(H,25,26,29). The van der Waals surface area contributed by atoms with Crippen molar-refractivity contribution in [1.82, 2.24) is 19.8 Å². The molecular weight excluding hydrogens is 456 g/mol. The molecule has 1 aromatic carbocycles. The van der Waals surface area contributed by atoms with Crippen molar-refractivity contribution in [2.45, 2.75) is 38.8 Å². The highest BCUT2D eigenvalue weighted by Gasteiger charge is 2.43. The molecule has 188 valence electrons. The summed E-state index contributed by atoms with van der Waals surface area (Å²) in [6, 6.07) is 8.03. The van der Waals surface area contributed by atoms with Crippen LogP contribution in [0.25, 0.3) is 0 Å². The number of H-pyrrole nitrogens is 1. The van der Waals surface area contributed by atoms with Crippen LogP contribution >= 0.6 is 0 Å². The highest BCUT2D eigenvalue weighted by molar-refractivity contribution is 5.94. The van der Waals surface area contributed by atoms with Gasteiger partial charge in [0.05, 0.1) is 18.2 Å². The molecule has 35 heavy (non-hydrogen) atoms. The first-order valence-corrected chi connectivity index (χ1v) is 11.0. The maximum atomic E-state index is 13.0. The number of hydrogen-bond acceptors (Lipinski definition) is 9. The van der Waals surface area contributed by atoms with Crippen LogP contribution in [-0.4, -0.2) is 77.2 Å². The molecule has 1 aliphatic rings. The van der Waals surface area contributed by atoms with Gasteiger partial charge in [0.1, 0.15) is 11.4 Å². The van der Waals surface area contributed by atoms with E-state index in [2.05, 4.69) is 9.97 Å². The summed E-state index contributed by atoms with van der Waals surface area (Å²) in [5, 5.41) is 0. The Bertz CT molecular complexity index is 1170. The Balaban J connectivity index is 2.00. The normalized spacial score (nSPS) is 18.6. The van der Waals surface area contributed by atoms with Gasteiger partial charge >= 0.3 is 18.0 Å². The van der Waals surface area contributed by atoms with Crippen molar-refractivity contribution in [3.05, 3.63) is 57.8 Å². The molecule has 11 heteroatoms. The molecule has 2 aromatic rings. The lowest BCUT2D eigenvalue weighted by molar-refractivity contribution is -0.0164. The third-order valence-corrected chi connectivity index (χ3v) is 5.67. The topological polar surface area (TPSA) is 131 Å². The van der Waals surface area contributed by atoms with E-state index in [-0.39, 0.29) is 17.9 Å². The third-order valence-electron chi connectivity index (χ3n) is 5.67. The van der Waals surface area contributed by atoms with E-state index in [9.17, 15) is 19.2 Å². The highest BCUT2D eigenvalue weighted by Crippen LogP contribution is 2.30. The number of piperazine rings is 1. The number of amides is 1. The van der Waals surface area contributed by atoms with E-state index < -0.39 is 46.2 Å². The first-order valence-electron chi connectivity index (χ1n) is 11.0. The number of carbonyl (C=O) groups is 3. The molecule has 1 aromatic heterocycles. The minimum absolute atomic E-state index is 0.109. The summed E-state index contributed by atoms with van der Waals surface area (Å²) in [5.41, 5.74) is -2.74. The van der Waals surface area contributed by atoms with Crippen molar-refractivity contribution < 1.29 is 28.6 Å². The van der Waals surface area contributed by atoms with E-state index in [0.717, 1.165) is 7.11 Å². The van der Waals surface area contributed by atoms with Gasteiger partial charge in [-0.3, -0.25) is 9.69 Å². The van der Waals surface area contributed by atoms with E-state index in [1.54, 1.807) is 45.9 Å². The lowest BCUT2D eigenvalue weighted by Gasteiger charge is -2.46. The molecule has 0 spiro atoms. The predicted octanol–water partition coefficient (Wildman–Crippen LogP) is 2.17. The van der Waals surface area contributed by atoms with Crippen LogP contribution in [0.4, 0.5) is 4.79 Å². The lowest BCUT2D eigenvalue weighted by Crippen LogP contribution is -2.60. The number of hydrogen-bond donors (Lipinski definition) is 1. The average Bonchev–Trinajstić information content (AvgIpc) is 2.80. The summed E-state index contributed by atoms with van der Waals surface area (Å²) in [4.78, 5) is 61.2. The van der Waals surface area contributed by atoms with Crippen molar-refractivity contribution >= 4 is 18.0 Å². The largest absolute Gasteiger partial charge is 0.464 e. The second-order valence-corrected chi connectivity index (χ2v) is 9.44. The molecule has 0 aliphatic carbocycles. The van der Waals surface area contributed by atoms with Gasteiger partial charge in [0.15, 0.2) is 5.69 Å². The van der Waals surface area contributed by atoms with Crippen molar-refractivity contribution in [2.24, 2.45) is 0 Å². The average molecular weight is 487 g/mol. The van der Waals surface area contributed by atoms with Crippen LogP contribution in [0.5, 0.6) is 5.75 Å². The number of nitrogens with one attached hydrogen (secondary N) is 1. The lowest BCUT2D eigenvalue weighted by atomic mass is 9.95. The molecule has 1 saturated heterocycles. The van der Waals surface area contributed by atoms with E-state index in [0.29, 0.717) is 13.1 Å². The summed E-state index contributed by atoms with van der Waals surface area (Å²) < 4.78 is 15.5. The summed E-state index contributed by atoms with van der Waals surface area (Å²) in [7, 11) is 2.94. The second kappa shape index (κ2) is 9.87. The molecule has 1 amide bonds. The minimum Gasteiger partial charge on any atom is -0.464 e. The Morgan fingerprint density at radius 1 is 1.09 bits per heavy atom. The first kappa shape index (κ1) is 25.9. The van der Waals surface area contributed by atoms with Gasteiger partial charge < -0.3 is 24.1 Å². The zero-order valence-electron chi connectivity index (χ0n) is 20.7. The van der Waals surface area contributed by atoms with Crippen LogP contribution in [0.1, 0.15) is 54.4 Å². The fraction of sp³-hybridized carbons (Fsp3) is 0.458. The Morgan fingerprint density at radius 3 is 2.34 bits per heavy atom. The van der Waals surface area contributed by atoms with Crippen molar-refractivity contribution in [1.29, 1.82) is 0 Å². The van der Waals surface area contributed by atoms with Gasteiger partial charge in [-0.05, 0) is 46.9 Å². The molecule has 1 unspecified atom stereocenters. The molecule has 0 radical (unpaired) electrons. The summed E-state index contributed by atoms with van der Waals surface area (Å²) >= 11 is 0. The van der Waals surface area contributed by atoms with Gasteiger partial charge in [-0.25, -0.2) is 19.4 Å². The number of methoxy groups -OCH3 is 1. The number of ether oxygens (including phenoxy) is 3. The van der Waals surface area contributed by atoms with Crippen LogP contribution < -0.4 is 10.3 Å². The number of rotatable bonds is 4. The molecule has 2 heterocycles. The van der Waals surface area contributed by atoms with Gasteiger partial charge in [0.25, 0.3) is 5.56 Å². The van der Waals surface area contributed by atoms with E-state index in [1.807, 2.05) is 11.9 Å². The smallest absolute Gasteiger partial charge is 0.410 e. The van der Waals surface area contributed by atoms with Gasteiger partial charge in [-0.15, -0.1) is 0 Å². The number of aromatic amines is 1. The molecule has 0 saturated carbocycles. The Labute approximate surface area is 203 Å². The SMILES string of the molecule is COC(=O)c1nc(C2(C)CN(C(=O)OC(C)(C)C)CCN2C)[nH]c(=O)c1OC(=O)c1ccccc1. The van der Waals surface area contributed by atoms with Crippen molar-refractivity contribution in [3.63, 3.8) is 0 Å². The number of likely N-dealkylation sites (N-methyl/N-ethyl adjacent to an activating group) is 1. The van der Waals surface area contributed by atoms with Crippen LogP contribution in [-0.2, 0) is 15.0 Å². The van der Waals surface area contributed by atoms with E-state index in [4.69, 9.17) is 14.2 Å². The Hall–Kier alpha value is -3.73. The fourth-order valence-corrected chi connectivity index (χ4v) is 3.60. The third kappa shape index (κ3) is 5.68. The number of benzene rings is 1. The fourth-order valence-electron chi connectivity index (χ4n) is 3.60. The molecule has 1 aliphatic heterocycles. The Kier molecular flexibility index (Phi) is 7.30. The van der Waals surface area contributed by atoms with Crippen LogP contribution in [0.3, 0.4) is 0 Å². The van der Waals surface area contributed by atoms with Crippen LogP contribution in [0.2, 0.25) is 0 Å². The van der Waals surface area contributed by atoms with Crippen molar-refractivity contribution in [3.8, 4) is 5.75 Å². The molecule has 11 nitrogen and oxygen atoms in total.